The number of fused-ring (bicyclic) bond motifs is 1. The number of para-hydroxylation sites is 1. The Morgan fingerprint density at radius 1 is 1.47 bits per heavy atom. The fraction of sp³-hybridized carbons (Fsp3) is 0.571. The van der Waals surface area contributed by atoms with E-state index >= 15 is 0 Å². The van der Waals surface area contributed by atoms with E-state index in [9.17, 15) is 0 Å². The third-order valence-electron chi connectivity index (χ3n) is 3.57. The van der Waals surface area contributed by atoms with Crippen molar-refractivity contribution in [3.05, 3.63) is 29.8 Å². The molecule has 3 heteroatoms. The molecule has 1 aromatic carbocycles. The third kappa shape index (κ3) is 2.61. The zero-order valence-electron chi connectivity index (χ0n) is 10.9. The lowest BCUT2D eigenvalue weighted by atomic mass is 9.96. The molecule has 0 spiro atoms. The molecule has 0 amide bonds. The summed E-state index contributed by atoms with van der Waals surface area (Å²) >= 11 is 0. The van der Waals surface area contributed by atoms with Crippen LogP contribution in [0.2, 0.25) is 0 Å². The van der Waals surface area contributed by atoms with Gasteiger partial charge in [-0.05, 0) is 32.0 Å². The fourth-order valence-electron chi connectivity index (χ4n) is 2.51. The first-order valence-corrected chi connectivity index (χ1v) is 6.30. The van der Waals surface area contributed by atoms with Crippen LogP contribution in [0.1, 0.15) is 24.9 Å². The number of hydrogen-bond donors (Lipinski definition) is 1. The second-order valence-corrected chi connectivity index (χ2v) is 4.68. The molecule has 0 bridgehead atoms. The van der Waals surface area contributed by atoms with Crippen LogP contribution in [-0.4, -0.2) is 33.4 Å². The van der Waals surface area contributed by atoms with Crippen LogP contribution < -0.4 is 10.2 Å². The average molecular weight is 234 g/mol. The lowest BCUT2D eigenvalue weighted by Gasteiger charge is -2.36. The van der Waals surface area contributed by atoms with Crippen molar-refractivity contribution in [1.29, 1.82) is 0 Å². The van der Waals surface area contributed by atoms with Crippen LogP contribution in [0.5, 0.6) is 0 Å². The van der Waals surface area contributed by atoms with E-state index in [4.69, 9.17) is 4.74 Å². The van der Waals surface area contributed by atoms with Gasteiger partial charge < -0.3 is 15.0 Å². The van der Waals surface area contributed by atoms with Gasteiger partial charge in [0.1, 0.15) is 0 Å². The SMILES string of the molecule is CNC1CCN(CC(C)OC)c2ccccc21. The maximum atomic E-state index is 5.36. The summed E-state index contributed by atoms with van der Waals surface area (Å²) < 4.78 is 5.36. The van der Waals surface area contributed by atoms with Crippen molar-refractivity contribution in [3.63, 3.8) is 0 Å². The predicted molar refractivity (Wildman–Crippen MR) is 71.5 cm³/mol. The number of benzene rings is 1. The normalized spacial score (nSPS) is 21.1. The van der Waals surface area contributed by atoms with Gasteiger partial charge in [0.15, 0.2) is 0 Å². The van der Waals surface area contributed by atoms with E-state index in [1.54, 1.807) is 7.11 Å². The van der Waals surface area contributed by atoms with Gasteiger partial charge in [0.25, 0.3) is 0 Å². The molecule has 0 fully saturated rings. The number of ether oxygens (including phenoxy) is 1. The molecular formula is C14H22N2O. The number of rotatable bonds is 4. The van der Waals surface area contributed by atoms with Crippen molar-refractivity contribution in [2.24, 2.45) is 0 Å². The quantitative estimate of drug-likeness (QED) is 0.864. The van der Waals surface area contributed by atoms with Crippen molar-refractivity contribution >= 4 is 5.69 Å². The molecular weight excluding hydrogens is 212 g/mol. The number of anilines is 1. The molecule has 2 rings (SSSR count). The summed E-state index contributed by atoms with van der Waals surface area (Å²) in [5.41, 5.74) is 2.76. The Bertz CT molecular complexity index is 367. The topological polar surface area (TPSA) is 24.5 Å². The first kappa shape index (κ1) is 12.4. The highest BCUT2D eigenvalue weighted by molar-refractivity contribution is 5.57. The number of hydrogen-bond acceptors (Lipinski definition) is 3. The maximum Gasteiger partial charge on any atom is 0.0718 e. The van der Waals surface area contributed by atoms with E-state index in [1.165, 1.54) is 11.3 Å². The minimum absolute atomic E-state index is 0.272. The highest BCUT2D eigenvalue weighted by Crippen LogP contribution is 2.33. The second-order valence-electron chi connectivity index (χ2n) is 4.68. The van der Waals surface area contributed by atoms with Crippen LogP contribution in [0.25, 0.3) is 0 Å². The van der Waals surface area contributed by atoms with Crippen molar-refractivity contribution in [1.82, 2.24) is 5.32 Å². The molecule has 0 saturated heterocycles. The Kier molecular flexibility index (Phi) is 4.02. The molecule has 3 nitrogen and oxygen atoms in total. The van der Waals surface area contributed by atoms with Crippen LogP contribution in [-0.2, 0) is 4.74 Å². The molecule has 0 radical (unpaired) electrons. The monoisotopic (exact) mass is 234 g/mol. The lowest BCUT2D eigenvalue weighted by molar-refractivity contribution is 0.122. The van der Waals surface area contributed by atoms with Gasteiger partial charge in [0, 0.05) is 31.9 Å². The standard InChI is InChI=1S/C14H22N2O/c1-11(17-3)10-16-9-8-13(15-2)12-6-4-5-7-14(12)16/h4-7,11,13,15H,8-10H2,1-3H3. The van der Waals surface area contributed by atoms with Crippen LogP contribution in [0.4, 0.5) is 5.69 Å². The molecule has 0 saturated carbocycles. The molecule has 0 aliphatic carbocycles. The summed E-state index contributed by atoms with van der Waals surface area (Å²) in [4.78, 5) is 2.43. The highest BCUT2D eigenvalue weighted by Gasteiger charge is 2.24. The molecule has 94 valence electrons. The van der Waals surface area contributed by atoms with Gasteiger partial charge in [-0.15, -0.1) is 0 Å². The number of methoxy groups -OCH3 is 1. The van der Waals surface area contributed by atoms with Crippen LogP contribution in [0.3, 0.4) is 0 Å². The average Bonchev–Trinajstić information content (AvgIpc) is 2.39. The van der Waals surface area contributed by atoms with E-state index in [0.29, 0.717) is 6.04 Å². The van der Waals surface area contributed by atoms with Gasteiger partial charge >= 0.3 is 0 Å². The first-order chi connectivity index (χ1) is 8.26. The van der Waals surface area contributed by atoms with Gasteiger partial charge in [-0.2, -0.15) is 0 Å². The van der Waals surface area contributed by atoms with Crippen LogP contribution in [0.15, 0.2) is 24.3 Å². The maximum absolute atomic E-state index is 5.36. The molecule has 1 aliphatic heterocycles. The predicted octanol–water partition coefficient (Wildman–Crippen LogP) is 2.19. The molecule has 1 aromatic rings. The van der Waals surface area contributed by atoms with Gasteiger partial charge in [0.05, 0.1) is 6.10 Å². The van der Waals surface area contributed by atoms with Gasteiger partial charge in [0.2, 0.25) is 0 Å². The molecule has 17 heavy (non-hydrogen) atoms. The summed E-state index contributed by atoms with van der Waals surface area (Å²) in [6.45, 7) is 4.17. The zero-order chi connectivity index (χ0) is 12.3. The number of nitrogens with one attached hydrogen (secondary N) is 1. The van der Waals surface area contributed by atoms with Crippen LogP contribution in [0, 0.1) is 0 Å². The van der Waals surface area contributed by atoms with Crippen molar-refractivity contribution < 1.29 is 4.74 Å². The Labute approximate surface area is 104 Å². The lowest BCUT2D eigenvalue weighted by Crippen LogP contribution is -2.39. The molecule has 1 N–H and O–H groups in total. The molecule has 1 heterocycles. The summed E-state index contributed by atoms with van der Waals surface area (Å²) in [5.74, 6) is 0. The van der Waals surface area contributed by atoms with Crippen molar-refractivity contribution in [2.75, 3.05) is 32.1 Å². The minimum atomic E-state index is 0.272. The molecule has 0 aromatic heterocycles. The summed E-state index contributed by atoms with van der Waals surface area (Å²) in [7, 11) is 3.81. The molecule has 2 unspecified atom stereocenters. The Morgan fingerprint density at radius 2 is 2.24 bits per heavy atom. The number of nitrogens with zero attached hydrogens (tertiary/aromatic N) is 1. The van der Waals surface area contributed by atoms with E-state index in [2.05, 4.69) is 41.4 Å². The molecule has 2 atom stereocenters. The van der Waals surface area contributed by atoms with Gasteiger partial charge in [-0.25, -0.2) is 0 Å². The van der Waals surface area contributed by atoms with Gasteiger partial charge in [-0.3, -0.25) is 0 Å². The largest absolute Gasteiger partial charge is 0.380 e. The second kappa shape index (κ2) is 5.52. The highest BCUT2D eigenvalue weighted by atomic mass is 16.5. The Hall–Kier alpha value is -1.06. The Balaban J connectivity index is 2.22. The zero-order valence-corrected chi connectivity index (χ0v) is 10.9. The van der Waals surface area contributed by atoms with Crippen LogP contribution >= 0.6 is 0 Å². The van der Waals surface area contributed by atoms with E-state index < -0.39 is 0 Å². The molecule has 1 aliphatic rings. The third-order valence-corrected chi connectivity index (χ3v) is 3.57. The summed E-state index contributed by atoms with van der Waals surface area (Å²) in [5, 5.41) is 3.39. The first-order valence-electron chi connectivity index (χ1n) is 6.30. The van der Waals surface area contributed by atoms with Crippen molar-refractivity contribution in [2.45, 2.75) is 25.5 Å². The Morgan fingerprint density at radius 3 is 2.94 bits per heavy atom. The smallest absolute Gasteiger partial charge is 0.0718 e. The van der Waals surface area contributed by atoms with Crippen molar-refractivity contribution in [3.8, 4) is 0 Å². The minimum Gasteiger partial charge on any atom is -0.380 e. The van der Waals surface area contributed by atoms with E-state index in [1.807, 2.05) is 7.05 Å². The van der Waals surface area contributed by atoms with Gasteiger partial charge in [-0.1, -0.05) is 18.2 Å². The fourth-order valence-corrected chi connectivity index (χ4v) is 2.51. The summed E-state index contributed by atoms with van der Waals surface area (Å²) in [6.07, 6.45) is 1.43. The van der Waals surface area contributed by atoms with E-state index in [-0.39, 0.29) is 6.10 Å². The van der Waals surface area contributed by atoms with E-state index in [0.717, 1.165) is 19.5 Å². The summed E-state index contributed by atoms with van der Waals surface area (Å²) in [6, 6.07) is 9.15.